The lowest BCUT2D eigenvalue weighted by Gasteiger charge is -2.56. The van der Waals surface area contributed by atoms with Gasteiger partial charge in [0.1, 0.15) is 18.0 Å². The largest absolute Gasteiger partial charge is 0.299 e. The first-order valence-corrected chi connectivity index (χ1v) is 13.7. The van der Waals surface area contributed by atoms with Crippen LogP contribution in [0.3, 0.4) is 0 Å². The van der Waals surface area contributed by atoms with Crippen LogP contribution in [0.1, 0.15) is 77.0 Å². The maximum Gasteiger partial charge on any atom is 0.234 e. The Morgan fingerprint density at radius 2 is 0.941 bits per heavy atom. The Morgan fingerprint density at radius 1 is 0.647 bits per heavy atom. The van der Waals surface area contributed by atoms with Gasteiger partial charge in [-0.1, -0.05) is 0 Å². The van der Waals surface area contributed by atoms with Gasteiger partial charge in [-0.3, -0.25) is 19.4 Å². The van der Waals surface area contributed by atoms with E-state index in [1.807, 2.05) is 20.2 Å². The van der Waals surface area contributed by atoms with Gasteiger partial charge < -0.3 is 0 Å². The molecule has 34 heavy (non-hydrogen) atoms. The van der Waals surface area contributed by atoms with Crippen molar-refractivity contribution in [1.29, 1.82) is 0 Å². The van der Waals surface area contributed by atoms with Crippen molar-refractivity contribution in [1.82, 2.24) is 9.97 Å². The van der Waals surface area contributed by atoms with Crippen molar-refractivity contribution in [3.63, 3.8) is 0 Å². The lowest BCUT2D eigenvalue weighted by atomic mass is 9.49. The zero-order valence-electron chi connectivity index (χ0n) is 20.7. The van der Waals surface area contributed by atoms with Gasteiger partial charge in [-0.15, -0.1) is 0 Å². The first kappa shape index (κ1) is 21.3. The smallest absolute Gasteiger partial charge is 0.234 e. The van der Waals surface area contributed by atoms with Gasteiger partial charge in [0, 0.05) is 20.2 Å². The quantitative estimate of drug-likeness (QED) is 0.642. The van der Waals surface area contributed by atoms with Crippen LogP contribution in [0.5, 0.6) is 0 Å². The molecule has 2 amide bonds. The molecule has 8 bridgehead atoms. The molecule has 0 aromatic carbocycles. The molecule has 0 radical (unpaired) electrons. The number of anilines is 2. The van der Waals surface area contributed by atoms with E-state index in [-0.39, 0.29) is 22.6 Å². The van der Waals surface area contributed by atoms with Crippen LogP contribution in [-0.2, 0) is 9.59 Å². The molecule has 1 aromatic rings. The minimum atomic E-state index is -0.199. The van der Waals surface area contributed by atoms with Gasteiger partial charge in [-0.25, -0.2) is 9.97 Å². The minimum Gasteiger partial charge on any atom is -0.299 e. The van der Waals surface area contributed by atoms with Gasteiger partial charge in [0.05, 0.1) is 10.8 Å². The molecule has 0 N–H and O–H groups in total. The number of amides is 2. The number of rotatable bonds is 4. The van der Waals surface area contributed by atoms with Crippen LogP contribution in [-0.4, -0.2) is 35.9 Å². The second kappa shape index (κ2) is 7.27. The van der Waals surface area contributed by atoms with Gasteiger partial charge in [-0.05, 0) is 113 Å². The van der Waals surface area contributed by atoms with Crippen molar-refractivity contribution in [2.24, 2.45) is 46.3 Å². The molecule has 1 heterocycles. The van der Waals surface area contributed by atoms with Gasteiger partial charge >= 0.3 is 0 Å². The maximum atomic E-state index is 13.8. The van der Waals surface area contributed by atoms with Crippen LogP contribution in [0.2, 0.25) is 0 Å². The van der Waals surface area contributed by atoms with Crippen molar-refractivity contribution < 1.29 is 9.59 Å². The monoisotopic (exact) mass is 462 g/mol. The highest BCUT2D eigenvalue weighted by Gasteiger charge is 2.57. The SMILES string of the molecule is CN(C(=O)C12CC3CC(CC(C3)C1)C2)c1cc(N(C)C(=O)C23CC4CC(CC(C4)C2)C3)ncn1. The Kier molecular flexibility index (Phi) is 4.56. The van der Waals surface area contributed by atoms with Crippen molar-refractivity contribution in [2.75, 3.05) is 23.9 Å². The van der Waals surface area contributed by atoms with Crippen LogP contribution in [0.25, 0.3) is 0 Å². The molecule has 0 unspecified atom stereocenters. The second-order valence-electron chi connectivity index (χ2n) is 13.4. The van der Waals surface area contributed by atoms with Crippen molar-refractivity contribution in [2.45, 2.75) is 77.0 Å². The average Bonchev–Trinajstić information content (AvgIpc) is 2.80. The van der Waals surface area contributed by atoms with E-state index in [9.17, 15) is 9.59 Å². The fourth-order valence-corrected chi connectivity index (χ4v) is 10.4. The molecular weight excluding hydrogens is 424 g/mol. The second-order valence-corrected chi connectivity index (χ2v) is 13.4. The van der Waals surface area contributed by atoms with Crippen LogP contribution in [0, 0.1) is 46.3 Å². The van der Waals surface area contributed by atoms with E-state index >= 15 is 0 Å². The molecule has 0 spiro atoms. The van der Waals surface area contributed by atoms with E-state index in [0.29, 0.717) is 11.6 Å². The Morgan fingerprint density at radius 3 is 1.24 bits per heavy atom. The molecular formula is C28H38N4O2. The van der Waals surface area contributed by atoms with Crippen molar-refractivity contribution in [3.8, 4) is 0 Å². The summed E-state index contributed by atoms with van der Waals surface area (Å²) in [6.07, 6.45) is 15.7. The molecule has 6 nitrogen and oxygen atoms in total. The summed E-state index contributed by atoms with van der Waals surface area (Å²) < 4.78 is 0. The molecule has 9 rings (SSSR count). The zero-order valence-corrected chi connectivity index (χ0v) is 20.7. The standard InChI is InChI=1S/C28H38N4O2/c1-31(25(33)27-10-17-3-18(11-27)5-19(4-17)12-27)23-9-24(30-16-29-23)32(2)26(34)28-13-20-6-21(14-28)8-22(7-20)15-28/h9,16-22H,3-8,10-15H2,1-2H3. The molecule has 6 heteroatoms. The molecule has 8 fully saturated rings. The number of carbonyl (C=O) groups is 2. The predicted molar refractivity (Wildman–Crippen MR) is 130 cm³/mol. The van der Waals surface area contributed by atoms with Gasteiger partial charge in [0.15, 0.2) is 0 Å². The molecule has 8 aliphatic carbocycles. The minimum absolute atomic E-state index is 0.199. The molecule has 8 aliphatic rings. The molecule has 0 saturated heterocycles. The Hall–Kier alpha value is -1.98. The van der Waals surface area contributed by atoms with Crippen molar-refractivity contribution in [3.05, 3.63) is 12.4 Å². The summed E-state index contributed by atoms with van der Waals surface area (Å²) in [7, 11) is 3.74. The van der Waals surface area contributed by atoms with Gasteiger partial charge in [-0.2, -0.15) is 0 Å². The number of hydrogen-bond acceptors (Lipinski definition) is 4. The Balaban J connectivity index is 1.12. The summed E-state index contributed by atoms with van der Waals surface area (Å²) in [5.74, 6) is 6.08. The van der Waals surface area contributed by atoms with Crippen LogP contribution in [0.15, 0.2) is 12.4 Å². The number of hydrogen-bond donors (Lipinski definition) is 0. The average molecular weight is 463 g/mol. The highest BCUT2D eigenvalue weighted by molar-refractivity contribution is 5.99. The number of carbonyl (C=O) groups excluding carboxylic acids is 2. The maximum absolute atomic E-state index is 13.8. The molecule has 0 atom stereocenters. The first-order valence-electron chi connectivity index (χ1n) is 13.7. The zero-order chi connectivity index (χ0) is 23.2. The third-order valence-electron chi connectivity index (χ3n) is 10.9. The summed E-state index contributed by atoms with van der Waals surface area (Å²) in [5, 5.41) is 0. The molecule has 0 aliphatic heterocycles. The topological polar surface area (TPSA) is 66.4 Å². The molecule has 1 aromatic heterocycles. The van der Waals surface area contributed by atoms with Crippen LogP contribution >= 0.6 is 0 Å². The summed E-state index contributed by atoms with van der Waals surface area (Å²) in [5.41, 5.74) is -0.398. The van der Waals surface area contributed by atoms with E-state index in [0.717, 1.165) is 74.0 Å². The third-order valence-corrected chi connectivity index (χ3v) is 10.9. The first-order chi connectivity index (χ1) is 16.3. The van der Waals surface area contributed by atoms with E-state index in [2.05, 4.69) is 9.97 Å². The number of nitrogens with zero attached hydrogens (tertiary/aromatic N) is 4. The van der Waals surface area contributed by atoms with Gasteiger partial charge in [0.2, 0.25) is 11.8 Å². The Bertz CT molecular complexity index is 887. The molecule has 8 saturated carbocycles. The highest BCUT2D eigenvalue weighted by atomic mass is 16.2. The third kappa shape index (κ3) is 3.12. The van der Waals surface area contributed by atoms with Gasteiger partial charge in [0.25, 0.3) is 0 Å². The normalized spacial score (nSPS) is 43.2. The number of aromatic nitrogens is 2. The van der Waals surface area contributed by atoms with E-state index in [4.69, 9.17) is 0 Å². The fourth-order valence-electron chi connectivity index (χ4n) is 10.4. The Labute approximate surface area is 202 Å². The summed E-state index contributed by atoms with van der Waals surface area (Å²) >= 11 is 0. The van der Waals surface area contributed by atoms with Crippen molar-refractivity contribution >= 4 is 23.5 Å². The predicted octanol–water partition coefficient (Wildman–Crippen LogP) is 4.84. The summed E-state index contributed by atoms with van der Waals surface area (Å²) in [4.78, 5) is 40.1. The van der Waals surface area contributed by atoms with E-state index in [1.165, 1.54) is 44.9 Å². The van der Waals surface area contributed by atoms with E-state index < -0.39 is 0 Å². The van der Waals surface area contributed by atoms with Crippen LogP contribution < -0.4 is 9.80 Å². The fraction of sp³-hybridized carbons (Fsp3) is 0.786. The lowest BCUT2D eigenvalue weighted by Crippen LogP contribution is -2.54. The highest BCUT2D eigenvalue weighted by Crippen LogP contribution is 2.62. The van der Waals surface area contributed by atoms with E-state index in [1.54, 1.807) is 9.80 Å². The lowest BCUT2D eigenvalue weighted by molar-refractivity contribution is -0.143. The molecule has 182 valence electrons. The van der Waals surface area contributed by atoms with Crippen LogP contribution in [0.4, 0.5) is 11.6 Å². The summed E-state index contributed by atoms with van der Waals surface area (Å²) in [6, 6.07) is 1.86. The summed E-state index contributed by atoms with van der Waals surface area (Å²) in [6.45, 7) is 0.